The van der Waals surface area contributed by atoms with Crippen molar-refractivity contribution in [1.82, 2.24) is 10.9 Å². The minimum Gasteiger partial charge on any atom is -0.455 e. The van der Waals surface area contributed by atoms with Crippen molar-refractivity contribution in [2.24, 2.45) is 10.9 Å². The first kappa shape index (κ1) is 15.9. The van der Waals surface area contributed by atoms with Crippen LogP contribution in [0.3, 0.4) is 0 Å². The van der Waals surface area contributed by atoms with Crippen molar-refractivity contribution in [3.8, 4) is 0 Å². The fourth-order valence-electron chi connectivity index (χ4n) is 2.83. The molecule has 0 saturated heterocycles. The molecule has 0 atom stereocenters. The summed E-state index contributed by atoms with van der Waals surface area (Å²) >= 11 is 0. The molecule has 7 heteroatoms. The van der Waals surface area contributed by atoms with Gasteiger partial charge in [0.25, 0.3) is 5.91 Å². The van der Waals surface area contributed by atoms with Gasteiger partial charge in [-0.1, -0.05) is 18.2 Å². The van der Waals surface area contributed by atoms with Gasteiger partial charge in [-0.2, -0.15) is 5.10 Å². The number of hydrazine groups is 1. The van der Waals surface area contributed by atoms with Crippen LogP contribution in [-0.2, 0) is 6.42 Å². The van der Waals surface area contributed by atoms with Crippen LogP contribution < -0.4 is 16.7 Å². The summed E-state index contributed by atoms with van der Waals surface area (Å²) in [7, 11) is 0. The van der Waals surface area contributed by atoms with E-state index in [0.717, 1.165) is 18.4 Å². The number of nitrogens with zero attached hydrogens (tertiary/aromatic N) is 1. The molecule has 24 heavy (non-hydrogen) atoms. The molecule has 1 aliphatic rings. The van der Waals surface area contributed by atoms with Crippen molar-refractivity contribution < 1.29 is 14.0 Å². The zero-order valence-electron chi connectivity index (χ0n) is 13.3. The van der Waals surface area contributed by atoms with Crippen molar-refractivity contribution >= 4 is 17.5 Å². The Balaban J connectivity index is 1.88. The lowest BCUT2D eigenvalue weighted by Gasteiger charge is -2.13. The van der Waals surface area contributed by atoms with E-state index >= 15 is 0 Å². The number of fused-ring (bicyclic) bond motifs is 1. The molecular weight excluding hydrogens is 308 g/mol. The quantitative estimate of drug-likeness (QED) is 0.452. The van der Waals surface area contributed by atoms with E-state index in [1.54, 1.807) is 31.2 Å². The number of hydrogen-bond donors (Lipinski definition) is 3. The fraction of sp³-hybridized carbons (Fsp3) is 0.235. The molecule has 0 saturated carbocycles. The third-order valence-corrected chi connectivity index (χ3v) is 3.99. The number of carbonyl (C=O) groups excluding carboxylic acids is 2. The Morgan fingerprint density at radius 2 is 1.92 bits per heavy atom. The summed E-state index contributed by atoms with van der Waals surface area (Å²) in [5.74, 6) is 5.31. The van der Waals surface area contributed by atoms with Crippen LogP contribution in [0.15, 0.2) is 39.9 Å². The zero-order chi connectivity index (χ0) is 17.1. The molecule has 124 valence electrons. The van der Waals surface area contributed by atoms with E-state index in [-0.39, 0.29) is 11.7 Å². The average molecular weight is 326 g/mol. The van der Waals surface area contributed by atoms with Gasteiger partial charge in [-0.3, -0.25) is 15.0 Å². The first-order valence-corrected chi connectivity index (χ1v) is 7.67. The van der Waals surface area contributed by atoms with Gasteiger partial charge in [-0.25, -0.2) is 11.3 Å². The summed E-state index contributed by atoms with van der Waals surface area (Å²) < 4.78 is 5.63. The van der Waals surface area contributed by atoms with E-state index in [4.69, 9.17) is 10.3 Å². The summed E-state index contributed by atoms with van der Waals surface area (Å²) in [6, 6.07) is 8.86. The summed E-state index contributed by atoms with van der Waals surface area (Å²) in [6.07, 6.45) is 2.26. The molecule has 1 heterocycles. The maximum atomic E-state index is 12.1. The summed E-state index contributed by atoms with van der Waals surface area (Å²) in [6.45, 7) is 1.78. The largest absolute Gasteiger partial charge is 0.455 e. The molecule has 1 aromatic heterocycles. The molecule has 0 unspecified atom stereocenters. The number of carbonyl (C=O) groups is 2. The predicted molar refractivity (Wildman–Crippen MR) is 88.5 cm³/mol. The first-order chi connectivity index (χ1) is 11.6. The molecule has 2 amide bonds. The van der Waals surface area contributed by atoms with Gasteiger partial charge in [0.15, 0.2) is 5.76 Å². The minimum absolute atomic E-state index is 0.187. The molecule has 1 aliphatic carbocycles. The summed E-state index contributed by atoms with van der Waals surface area (Å²) in [5.41, 5.74) is 7.35. The third kappa shape index (κ3) is 2.93. The van der Waals surface area contributed by atoms with Crippen LogP contribution in [0.2, 0.25) is 0 Å². The Hall–Kier alpha value is -2.93. The van der Waals surface area contributed by atoms with E-state index in [9.17, 15) is 9.59 Å². The number of nitrogen functional groups attached to an aromatic ring is 1. The molecule has 4 N–H and O–H groups in total. The number of benzene rings is 1. The first-order valence-electron chi connectivity index (χ1n) is 7.67. The van der Waals surface area contributed by atoms with Crippen molar-refractivity contribution in [3.05, 3.63) is 58.5 Å². The van der Waals surface area contributed by atoms with Crippen LogP contribution in [0.1, 0.15) is 50.6 Å². The molecule has 0 aliphatic heterocycles. The lowest BCUT2D eigenvalue weighted by atomic mass is 9.93. The summed E-state index contributed by atoms with van der Waals surface area (Å²) in [4.78, 5) is 23.9. The molecule has 0 spiro atoms. The number of hydrazone groups is 1. The third-order valence-electron chi connectivity index (χ3n) is 3.99. The maximum Gasteiger partial charge on any atom is 0.301 e. The molecule has 0 fully saturated rings. The van der Waals surface area contributed by atoms with Gasteiger partial charge in [0, 0.05) is 23.1 Å². The second-order valence-corrected chi connectivity index (χ2v) is 5.55. The normalized spacial score (nSPS) is 15.0. The Kier molecular flexibility index (Phi) is 4.43. The Morgan fingerprint density at radius 1 is 1.17 bits per heavy atom. The number of amides is 2. The lowest BCUT2D eigenvalue weighted by molar-refractivity contribution is 0.0921. The molecule has 2 aromatic rings. The Bertz CT molecular complexity index is 809. The van der Waals surface area contributed by atoms with Crippen LogP contribution in [0.25, 0.3) is 0 Å². The van der Waals surface area contributed by atoms with Gasteiger partial charge >= 0.3 is 5.91 Å². The highest BCUT2D eigenvalue weighted by atomic mass is 16.4. The van der Waals surface area contributed by atoms with Gasteiger partial charge < -0.3 is 4.42 Å². The number of furan rings is 1. The van der Waals surface area contributed by atoms with E-state index in [0.29, 0.717) is 29.0 Å². The molecule has 1 aromatic carbocycles. The Labute approximate surface area is 138 Å². The van der Waals surface area contributed by atoms with Gasteiger partial charge in [-0.05, 0) is 31.9 Å². The van der Waals surface area contributed by atoms with Crippen molar-refractivity contribution in [2.75, 3.05) is 0 Å². The number of hydrogen-bond acceptors (Lipinski definition) is 5. The van der Waals surface area contributed by atoms with E-state index in [2.05, 4.69) is 16.0 Å². The maximum absolute atomic E-state index is 12.1. The van der Waals surface area contributed by atoms with Crippen LogP contribution in [0, 0.1) is 6.92 Å². The van der Waals surface area contributed by atoms with Crippen LogP contribution >= 0.6 is 0 Å². The molecule has 0 radical (unpaired) electrons. The van der Waals surface area contributed by atoms with Gasteiger partial charge in [-0.15, -0.1) is 0 Å². The highest BCUT2D eigenvalue weighted by molar-refractivity contribution is 6.07. The van der Waals surface area contributed by atoms with E-state index in [1.807, 2.05) is 6.07 Å². The van der Waals surface area contributed by atoms with E-state index in [1.165, 1.54) is 0 Å². The molecular formula is C17H18N4O3. The monoisotopic (exact) mass is 326 g/mol. The standard InChI is InChI=1S/C17H18N4O3/c1-10-14-12(20-21-16(22)11-6-3-2-4-7-11)8-5-9-13(14)24-15(10)17(23)19-18/h2-4,6-7H,5,8-9,18H2,1H3,(H,19,23)(H,21,22)/b20-12+. The van der Waals surface area contributed by atoms with E-state index < -0.39 is 5.91 Å². The fourth-order valence-corrected chi connectivity index (χ4v) is 2.83. The molecule has 7 nitrogen and oxygen atoms in total. The average Bonchev–Trinajstić information content (AvgIpc) is 2.97. The topological polar surface area (TPSA) is 110 Å². The van der Waals surface area contributed by atoms with Crippen molar-refractivity contribution in [1.29, 1.82) is 0 Å². The number of aryl methyl sites for hydroxylation is 1. The minimum atomic E-state index is -0.477. The Morgan fingerprint density at radius 3 is 2.62 bits per heavy atom. The highest BCUT2D eigenvalue weighted by Gasteiger charge is 2.27. The second kappa shape index (κ2) is 6.67. The number of rotatable bonds is 3. The van der Waals surface area contributed by atoms with Gasteiger partial charge in [0.05, 0.1) is 5.71 Å². The van der Waals surface area contributed by atoms with Gasteiger partial charge in [0.1, 0.15) is 5.76 Å². The van der Waals surface area contributed by atoms with Crippen molar-refractivity contribution in [3.63, 3.8) is 0 Å². The zero-order valence-corrected chi connectivity index (χ0v) is 13.3. The molecule has 3 rings (SSSR count). The number of nitrogens with two attached hydrogens (primary N) is 1. The SMILES string of the molecule is Cc1c(C(=O)NN)oc2c1/C(=N/NC(=O)c1ccccc1)CCC2. The smallest absolute Gasteiger partial charge is 0.301 e. The van der Waals surface area contributed by atoms with Crippen LogP contribution in [0.5, 0.6) is 0 Å². The van der Waals surface area contributed by atoms with Crippen molar-refractivity contribution in [2.45, 2.75) is 26.2 Å². The predicted octanol–water partition coefficient (Wildman–Crippen LogP) is 1.66. The highest BCUT2D eigenvalue weighted by Crippen LogP contribution is 2.29. The van der Waals surface area contributed by atoms with Crippen LogP contribution in [0.4, 0.5) is 0 Å². The molecule has 0 bridgehead atoms. The van der Waals surface area contributed by atoms with Crippen LogP contribution in [-0.4, -0.2) is 17.5 Å². The number of nitrogens with one attached hydrogen (secondary N) is 2. The summed E-state index contributed by atoms with van der Waals surface area (Å²) in [5, 5.41) is 4.25. The van der Waals surface area contributed by atoms with Gasteiger partial charge in [0.2, 0.25) is 0 Å². The lowest BCUT2D eigenvalue weighted by Crippen LogP contribution is -2.30. The second-order valence-electron chi connectivity index (χ2n) is 5.55.